The summed E-state index contributed by atoms with van der Waals surface area (Å²) in [6.07, 6.45) is 5.03. The molecule has 2 aromatic carbocycles. The number of carbonyl (C=O) groups excluding carboxylic acids is 1. The van der Waals surface area contributed by atoms with Crippen molar-refractivity contribution >= 4 is 11.6 Å². The minimum absolute atomic E-state index is 0.0635. The van der Waals surface area contributed by atoms with Crippen LogP contribution in [0.4, 0.5) is 5.69 Å². The fourth-order valence-corrected chi connectivity index (χ4v) is 3.53. The van der Waals surface area contributed by atoms with Crippen LogP contribution in [0.2, 0.25) is 0 Å². The molecule has 0 heterocycles. The smallest absolute Gasteiger partial charge is 0.279 e. The van der Waals surface area contributed by atoms with Gasteiger partial charge in [-0.2, -0.15) is 0 Å². The van der Waals surface area contributed by atoms with Crippen LogP contribution in [0.5, 0.6) is 11.5 Å². The number of hydrogen-bond donors (Lipinski definition) is 1. The molecule has 0 bridgehead atoms. The minimum atomic E-state index is 0.0635. The Balaban J connectivity index is 1.54. The van der Waals surface area contributed by atoms with Crippen molar-refractivity contribution in [3.05, 3.63) is 54.6 Å². The molecule has 1 N–H and O–H groups in total. The van der Waals surface area contributed by atoms with Crippen LogP contribution >= 0.6 is 0 Å². The summed E-state index contributed by atoms with van der Waals surface area (Å²) in [5.74, 6) is 1.62. The van der Waals surface area contributed by atoms with Gasteiger partial charge in [0, 0.05) is 5.69 Å². The van der Waals surface area contributed by atoms with Crippen LogP contribution in [0, 0.1) is 0 Å². The van der Waals surface area contributed by atoms with E-state index in [4.69, 9.17) is 4.74 Å². The molecule has 132 valence electrons. The van der Waals surface area contributed by atoms with Crippen molar-refractivity contribution in [2.45, 2.75) is 31.7 Å². The fraction of sp³-hybridized carbons (Fsp3) is 0.381. The zero-order valence-electron chi connectivity index (χ0n) is 15.1. The van der Waals surface area contributed by atoms with Crippen LogP contribution in [-0.4, -0.2) is 37.1 Å². The number of ether oxygens (including phenoxy) is 1. The Morgan fingerprint density at radius 3 is 2.24 bits per heavy atom. The van der Waals surface area contributed by atoms with E-state index in [0.717, 1.165) is 21.7 Å². The third-order valence-corrected chi connectivity index (χ3v) is 4.98. The maximum atomic E-state index is 12.4. The molecule has 2 aromatic rings. The average Bonchev–Trinajstić information content (AvgIpc) is 3.13. The van der Waals surface area contributed by atoms with Crippen LogP contribution in [-0.2, 0) is 4.79 Å². The van der Waals surface area contributed by atoms with Gasteiger partial charge in [0.15, 0.2) is 6.54 Å². The number of quaternary nitrogens is 1. The number of benzene rings is 2. The fourth-order valence-electron chi connectivity index (χ4n) is 3.53. The molecule has 0 atom stereocenters. The van der Waals surface area contributed by atoms with E-state index >= 15 is 0 Å². The third kappa shape index (κ3) is 4.83. The second-order valence-corrected chi connectivity index (χ2v) is 7.36. The molecule has 0 radical (unpaired) electrons. The Kier molecular flexibility index (Phi) is 5.39. The van der Waals surface area contributed by atoms with E-state index in [2.05, 4.69) is 19.4 Å². The molecule has 0 aliphatic heterocycles. The van der Waals surface area contributed by atoms with Gasteiger partial charge in [-0.25, -0.2) is 0 Å². The van der Waals surface area contributed by atoms with Crippen molar-refractivity contribution < 1.29 is 14.0 Å². The molecular weight excluding hydrogens is 312 g/mol. The quantitative estimate of drug-likeness (QED) is 0.790. The molecule has 1 saturated carbocycles. The van der Waals surface area contributed by atoms with Crippen LogP contribution in [0.3, 0.4) is 0 Å². The highest BCUT2D eigenvalue weighted by Crippen LogP contribution is 2.27. The summed E-state index contributed by atoms with van der Waals surface area (Å²) in [6.45, 7) is 0.507. The second-order valence-electron chi connectivity index (χ2n) is 7.36. The number of carbonyl (C=O) groups is 1. The van der Waals surface area contributed by atoms with Crippen LogP contribution < -0.4 is 10.1 Å². The molecular formula is C21H27N2O2+. The van der Waals surface area contributed by atoms with Crippen molar-refractivity contribution in [3.63, 3.8) is 0 Å². The topological polar surface area (TPSA) is 38.3 Å². The van der Waals surface area contributed by atoms with E-state index in [9.17, 15) is 4.79 Å². The first-order valence-electron chi connectivity index (χ1n) is 8.98. The van der Waals surface area contributed by atoms with E-state index in [1.165, 1.54) is 25.7 Å². The van der Waals surface area contributed by atoms with Crippen molar-refractivity contribution in [1.82, 2.24) is 0 Å². The van der Waals surface area contributed by atoms with Crippen LogP contribution in [0.25, 0.3) is 0 Å². The van der Waals surface area contributed by atoms with E-state index in [0.29, 0.717) is 12.6 Å². The van der Waals surface area contributed by atoms with Gasteiger partial charge in [-0.3, -0.25) is 4.79 Å². The van der Waals surface area contributed by atoms with Crippen LogP contribution in [0.15, 0.2) is 54.6 Å². The van der Waals surface area contributed by atoms with E-state index in [1.807, 2.05) is 54.6 Å². The number of likely N-dealkylation sites (N-methyl/N-ethyl adjacent to an activating group) is 1. The first-order valence-corrected chi connectivity index (χ1v) is 8.98. The predicted octanol–water partition coefficient (Wildman–Crippen LogP) is 4.44. The second kappa shape index (κ2) is 7.70. The maximum absolute atomic E-state index is 12.4. The van der Waals surface area contributed by atoms with Gasteiger partial charge in [0.05, 0.1) is 20.1 Å². The number of rotatable bonds is 6. The molecule has 0 unspecified atom stereocenters. The summed E-state index contributed by atoms with van der Waals surface area (Å²) in [5.41, 5.74) is 0.803. The number of para-hydroxylation sites is 1. The van der Waals surface area contributed by atoms with Crippen molar-refractivity contribution in [2.24, 2.45) is 0 Å². The number of nitrogens with zero attached hydrogens (tertiary/aromatic N) is 1. The summed E-state index contributed by atoms with van der Waals surface area (Å²) < 4.78 is 6.54. The van der Waals surface area contributed by atoms with Gasteiger partial charge in [-0.1, -0.05) is 18.2 Å². The van der Waals surface area contributed by atoms with Gasteiger partial charge >= 0.3 is 0 Å². The third-order valence-electron chi connectivity index (χ3n) is 4.98. The highest BCUT2D eigenvalue weighted by Gasteiger charge is 2.32. The van der Waals surface area contributed by atoms with E-state index in [-0.39, 0.29) is 5.91 Å². The van der Waals surface area contributed by atoms with Crippen molar-refractivity contribution in [1.29, 1.82) is 0 Å². The molecule has 4 nitrogen and oxygen atoms in total. The van der Waals surface area contributed by atoms with E-state index < -0.39 is 0 Å². The standard InChI is InChI=1S/C21H26N2O2/c1-23(2,18-8-6-7-9-18)16-21(24)22-17-12-14-20(15-13-17)25-19-10-4-3-5-11-19/h3-5,10-15,18H,6-9,16H2,1-2H3/p+1. The lowest BCUT2D eigenvalue weighted by Crippen LogP contribution is -2.51. The summed E-state index contributed by atoms with van der Waals surface area (Å²) in [7, 11) is 4.32. The SMILES string of the molecule is C[N+](C)(CC(=O)Nc1ccc(Oc2ccccc2)cc1)C1CCCC1. The maximum Gasteiger partial charge on any atom is 0.279 e. The lowest BCUT2D eigenvalue weighted by molar-refractivity contribution is -0.906. The zero-order valence-corrected chi connectivity index (χ0v) is 15.1. The minimum Gasteiger partial charge on any atom is -0.457 e. The molecule has 3 rings (SSSR count). The Labute approximate surface area is 150 Å². The number of anilines is 1. The van der Waals surface area contributed by atoms with Gasteiger partial charge < -0.3 is 14.5 Å². The summed E-state index contributed by atoms with van der Waals surface area (Å²) in [4.78, 5) is 12.4. The van der Waals surface area contributed by atoms with Gasteiger partial charge in [-0.15, -0.1) is 0 Å². The number of hydrogen-bond acceptors (Lipinski definition) is 2. The molecule has 1 amide bonds. The monoisotopic (exact) mass is 339 g/mol. The van der Waals surface area contributed by atoms with Crippen LogP contribution in [0.1, 0.15) is 25.7 Å². The van der Waals surface area contributed by atoms with Gasteiger partial charge in [0.25, 0.3) is 5.91 Å². The number of amides is 1. The molecule has 1 aliphatic rings. The number of nitrogens with one attached hydrogen (secondary N) is 1. The zero-order chi connectivity index (χ0) is 17.7. The molecule has 4 heteroatoms. The lowest BCUT2D eigenvalue weighted by atomic mass is 10.2. The predicted molar refractivity (Wildman–Crippen MR) is 101 cm³/mol. The van der Waals surface area contributed by atoms with Gasteiger partial charge in [0.2, 0.25) is 0 Å². The average molecular weight is 339 g/mol. The Hall–Kier alpha value is -2.33. The largest absolute Gasteiger partial charge is 0.457 e. The van der Waals surface area contributed by atoms with Crippen molar-refractivity contribution in [2.75, 3.05) is 26.0 Å². The molecule has 0 saturated heterocycles. The van der Waals surface area contributed by atoms with Gasteiger partial charge in [0.1, 0.15) is 11.5 Å². The normalized spacial score (nSPS) is 15.1. The van der Waals surface area contributed by atoms with E-state index in [1.54, 1.807) is 0 Å². The lowest BCUT2D eigenvalue weighted by Gasteiger charge is -2.35. The molecule has 1 fully saturated rings. The summed E-state index contributed by atoms with van der Waals surface area (Å²) >= 11 is 0. The summed E-state index contributed by atoms with van der Waals surface area (Å²) in [5, 5.41) is 3.00. The Bertz CT molecular complexity index is 690. The molecule has 25 heavy (non-hydrogen) atoms. The Morgan fingerprint density at radius 2 is 1.60 bits per heavy atom. The highest BCUT2D eigenvalue weighted by molar-refractivity contribution is 5.91. The molecule has 0 spiro atoms. The Morgan fingerprint density at radius 1 is 1.00 bits per heavy atom. The molecule has 1 aliphatic carbocycles. The first kappa shape index (κ1) is 17.5. The first-order chi connectivity index (χ1) is 12.0. The summed E-state index contributed by atoms with van der Waals surface area (Å²) in [6, 6.07) is 17.8. The van der Waals surface area contributed by atoms with Gasteiger partial charge in [-0.05, 0) is 62.1 Å². The van der Waals surface area contributed by atoms with Crippen molar-refractivity contribution in [3.8, 4) is 11.5 Å². The molecule has 0 aromatic heterocycles. The highest BCUT2D eigenvalue weighted by atomic mass is 16.5.